The molecule has 6 heteroatoms. The fourth-order valence-electron chi connectivity index (χ4n) is 4.66. The van der Waals surface area contributed by atoms with Gasteiger partial charge in [0.05, 0.1) is 42.5 Å². The molecular weight excluding hydrogens is 466 g/mol. The van der Waals surface area contributed by atoms with Crippen LogP contribution in [0.15, 0.2) is 84.9 Å². The Kier molecular flexibility index (Phi) is 6.64. The van der Waals surface area contributed by atoms with Crippen molar-refractivity contribution < 1.29 is 23.8 Å². The van der Waals surface area contributed by atoms with Crippen LogP contribution in [0.5, 0.6) is 5.75 Å². The first-order chi connectivity index (χ1) is 18.0. The Bertz CT molecular complexity index is 1610. The van der Waals surface area contributed by atoms with Gasteiger partial charge in [-0.3, -0.25) is 0 Å². The minimum absolute atomic E-state index is 0.253. The van der Waals surface area contributed by atoms with Crippen molar-refractivity contribution >= 4 is 33.7 Å². The number of methoxy groups -OCH3 is 1. The minimum Gasteiger partial charge on any atom is -0.497 e. The van der Waals surface area contributed by atoms with Crippen molar-refractivity contribution in [3.63, 3.8) is 0 Å². The topological polar surface area (TPSA) is 66.8 Å². The Morgan fingerprint density at radius 2 is 1.43 bits per heavy atom. The molecule has 0 fully saturated rings. The van der Waals surface area contributed by atoms with E-state index in [1.54, 1.807) is 39.2 Å². The van der Waals surface area contributed by atoms with E-state index in [1.807, 2.05) is 48.5 Å². The number of carbonyl (C=O) groups is 2. The first-order valence-corrected chi connectivity index (χ1v) is 12.2. The number of fused-ring (bicyclic) bond motifs is 3. The number of aromatic nitrogens is 1. The molecule has 0 unspecified atom stereocenters. The highest BCUT2D eigenvalue weighted by Gasteiger charge is 2.19. The molecule has 0 atom stereocenters. The molecule has 0 saturated heterocycles. The zero-order chi connectivity index (χ0) is 25.9. The van der Waals surface area contributed by atoms with Crippen molar-refractivity contribution in [2.45, 2.75) is 13.8 Å². The predicted octanol–water partition coefficient (Wildman–Crippen LogP) is 6.81. The third-order valence-corrected chi connectivity index (χ3v) is 6.34. The lowest BCUT2D eigenvalue weighted by atomic mass is 9.96. The van der Waals surface area contributed by atoms with Gasteiger partial charge in [-0.05, 0) is 79.6 Å². The molecule has 0 aliphatic carbocycles. The molecule has 186 valence electrons. The highest BCUT2D eigenvalue weighted by molar-refractivity contribution is 6.11. The number of para-hydroxylation sites is 1. The van der Waals surface area contributed by atoms with E-state index in [0.29, 0.717) is 16.7 Å². The Balaban J connectivity index is 1.76. The average Bonchev–Trinajstić information content (AvgIpc) is 3.26. The summed E-state index contributed by atoms with van der Waals surface area (Å²) < 4.78 is 18.1. The Morgan fingerprint density at radius 1 is 0.730 bits per heavy atom. The van der Waals surface area contributed by atoms with E-state index in [2.05, 4.69) is 22.8 Å². The number of hydrogen-bond acceptors (Lipinski definition) is 5. The highest BCUT2D eigenvalue weighted by atomic mass is 16.5. The summed E-state index contributed by atoms with van der Waals surface area (Å²) in [6.07, 6.45) is 0. The molecular formula is C31H27NO5. The Labute approximate surface area is 215 Å². The number of rotatable bonds is 7. The van der Waals surface area contributed by atoms with E-state index in [4.69, 9.17) is 14.2 Å². The smallest absolute Gasteiger partial charge is 0.338 e. The summed E-state index contributed by atoms with van der Waals surface area (Å²) in [4.78, 5) is 25.3. The second kappa shape index (κ2) is 10.2. The van der Waals surface area contributed by atoms with Gasteiger partial charge in [0.1, 0.15) is 5.75 Å². The molecule has 4 aromatic carbocycles. The highest BCUT2D eigenvalue weighted by Crippen LogP contribution is 2.36. The molecule has 0 aliphatic heterocycles. The van der Waals surface area contributed by atoms with E-state index in [9.17, 15) is 9.59 Å². The van der Waals surface area contributed by atoms with Gasteiger partial charge >= 0.3 is 11.9 Å². The van der Waals surface area contributed by atoms with Crippen LogP contribution < -0.4 is 4.74 Å². The molecule has 0 aliphatic rings. The SMILES string of the molecule is CCOC(=O)c1ccc(C(=O)OCC)c(-c2ccc3c4ccccc4n(-c4ccc(OC)cc4)c3c2)c1. The maximum Gasteiger partial charge on any atom is 0.338 e. The van der Waals surface area contributed by atoms with Crippen LogP contribution >= 0.6 is 0 Å². The van der Waals surface area contributed by atoms with Gasteiger partial charge in [0.15, 0.2) is 0 Å². The van der Waals surface area contributed by atoms with Gasteiger partial charge in [-0.1, -0.05) is 30.3 Å². The molecule has 0 saturated carbocycles. The lowest BCUT2D eigenvalue weighted by Gasteiger charge is -2.13. The molecule has 5 aromatic rings. The number of benzene rings is 4. The molecule has 1 aromatic heterocycles. The standard InChI is InChI=1S/C31H27NO5/c1-4-36-30(33)21-11-17-26(31(34)37-5-2)27(18-21)20-10-16-25-24-8-6-7-9-28(24)32(29(25)19-20)22-12-14-23(35-3)15-13-22/h6-19H,4-5H2,1-3H3. The molecule has 0 amide bonds. The van der Waals surface area contributed by atoms with Gasteiger partial charge in [0, 0.05) is 16.5 Å². The largest absolute Gasteiger partial charge is 0.497 e. The van der Waals surface area contributed by atoms with Crippen LogP contribution in [0.3, 0.4) is 0 Å². The van der Waals surface area contributed by atoms with Gasteiger partial charge in [0.25, 0.3) is 0 Å². The van der Waals surface area contributed by atoms with Crippen molar-refractivity contribution in [2.75, 3.05) is 20.3 Å². The first kappa shape index (κ1) is 24.1. The second-order valence-corrected chi connectivity index (χ2v) is 8.48. The van der Waals surface area contributed by atoms with Crippen molar-refractivity contribution in [3.05, 3.63) is 96.1 Å². The summed E-state index contributed by atoms with van der Waals surface area (Å²) in [7, 11) is 1.65. The fraction of sp³-hybridized carbons (Fsp3) is 0.161. The summed E-state index contributed by atoms with van der Waals surface area (Å²) in [5.41, 5.74) is 5.18. The van der Waals surface area contributed by atoms with Crippen molar-refractivity contribution in [1.82, 2.24) is 4.57 Å². The quantitative estimate of drug-likeness (QED) is 0.233. The van der Waals surface area contributed by atoms with Crippen LogP contribution in [0.25, 0.3) is 38.6 Å². The van der Waals surface area contributed by atoms with Crippen LogP contribution in [-0.2, 0) is 9.47 Å². The molecule has 1 heterocycles. The molecule has 0 bridgehead atoms. The maximum atomic E-state index is 12.8. The summed E-state index contributed by atoms with van der Waals surface area (Å²) in [5, 5.41) is 2.19. The first-order valence-electron chi connectivity index (χ1n) is 12.2. The summed E-state index contributed by atoms with van der Waals surface area (Å²) in [5.74, 6) is -0.101. The molecule has 6 nitrogen and oxygen atoms in total. The van der Waals surface area contributed by atoms with Gasteiger partial charge < -0.3 is 18.8 Å². The van der Waals surface area contributed by atoms with E-state index >= 15 is 0 Å². The lowest BCUT2D eigenvalue weighted by molar-refractivity contribution is 0.0512. The third-order valence-electron chi connectivity index (χ3n) is 6.34. The summed E-state index contributed by atoms with van der Waals surface area (Å²) >= 11 is 0. The van der Waals surface area contributed by atoms with Crippen LogP contribution in [0, 0.1) is 0 Å². The van der Waals surface area contributed by atoms with Gasteiger partial charge in [-0.25, -0.2) is 9.59 Å². The summed E-state index contributed by atoms with van der Waals surface area (Å²) in [6.45, 7) is 4.05. The van der Waals surface area contributed by atoms with E-state index < -0.39 is 11.9 Å². The third kappa shape index (κ3) is 4.42. The average molecular weight is 494 g/mol. The zero-order valence-electron chi connectivity index (χ0n) is 21.0. The van der Waals surface area contributed by atoms with Crippen molar-refractivity contribution in [2.24, 2.45) is 0 Å². The van der Waals surface area contributed by atoms with Crippen molar-refractivity contribution in [1.29, 1.82) is 0 Å². The molecule has 0 N–H and O–H groups in total. The molecule has 5 rings (SSSR count). The second-order valence-electron chi connectivity index (χ2n) is 8.48. The molecule has 0 spiro atoms. The van der Waals surface area contributed by atoms with Crippen LogP contribution in [-0.4, -0.2) is 36.8 Å². The van der Waals surface area contributed by atoms with Gasteiger partial charge in [-0.15, -0.1) is 0 Å². The van der Waals surface area contributed by atoms with Gasteiger partial charge in [0.2, 0.25) is 0 Å². The number of ether oxygens (including phenoxy) is 3. The summed E-state index contributed by atoms with van der Waals surface area (Å²) in [6, 6.07) is 27.1. The molecule has 37 heavy (non-hydrogen) atoms. The van der Waals surface area contributed by atoms with E-state index in [-0.39, 0.29) is 13.2 Å². The van der Waals surface area contributed by atoms with Gasteiger partial charge in [-0.2, -0.15) is 0 Å². The molecule has 0 radical (unpaired) electrons. The minimum atomic E-state index is -0.441. The fourth-order valence-corrected chi connectivity index (χ4v) is 4.66. The zero-order valence-corrected chi connectivity index (χ0v) is 21.0. The number of carbonyl (C=O) groups excluding carboxylic acids is 2. The van der Waals surface area contributed by atoms with Crippen LogP contribution in [0.1, 0.15) is 34.6 Å². The lowest BCUT2D eigenvalue weighted by Crippen LogP contribution is -2.09. The number of nitrogens with zero attached hydrogens (tertiary/aromatic N) is 1. The predicted molar refractivity (Wildman–Crippen MR) is 145 cm³/mol. The maximum absolute atomic E-state index is 12.8. The normalized spacial score (nSPS) is 11.0. The van der Waals surface area contributed by atoms with E-state index in [0.717, 1.165) is 38.8 Å². The Hall–Kier alpha value is -4.58. The van der Waals surface area contributed by atoms with Crippen LogP contribution in [0.4, 0.5) is 0 Å². The Morgan fingerprint density at radius 3 is 2.16 bits per heavy atom. The number of hydrogen-bond donors (Lipinski definition) is 0. The van der Waals surface area contributed by atoms with Crippen molar-refractivity contribution in [3.8, 4) is 22.6 Å². The number of esters is 2. The van der Waals surface area contributed by atoms with E-state index in [1.165, 1.54) is 0 Å². The monoisotopic (exact) mass is 493 g/mol. The van der Waals surface area contributed by atoms with Crippen LogP contribution in [0.2, 0.25) is 0 Å².